The van der Waals surface area contributed by atoms with E-state index in [1.165, 1.54) is 0 Å². The van der Waals surface area contributed by atoms with Crippen LogP contribution in [0.5, 0.6) is 5.75 Å². The van der Waals surface area contributed by atoms with Gasteiger partial charge in [-0.2, -0.15) is 0 Å². The fourth-order valence-electron chi connectivity index (χ4n) is 2.79. The first kappa shape index (κ1) is 15.0. The summed E-state index contributed by atoms with van der Waals surface area (Å²) in [6.45, 7) is 4.65. The first-order valence-electron chi connectivity index (χ1n) is 7.04. The predicted octanol–water partition coefficient (Wildman–Crippen LogP) is 3.74. The maximum absolute atomic E-state index is 12.7. The Balaban J connectivity index is 1.93. The zero-order chi connectivity index (χ0) is 15.9. The maximum atomic E-state index is 12.7. The molecule has 0 saturated carbocycles. The number of hydrogen-bond acceptors (Lipinski definition) is 3. The SMILES string of the molecule is COc1ccc(CN2C(=O)c3ncc(Br)cc3C2(C)C)cc1. The molecule has 0 N–H and O–H groups in total. The summed E-state index contributed by atoms with van der Waals surface area (Å²) in [4.78, 5) is 18.8. The van der Waals surface area contributed by atoms with Crippen molar-refractivity contribution in [3.8, 4) is 5.75 Å². The summed E-state index contributed by atoms with van der Waals surface area (Å²) in [5.74, 6) is 0.785. The lowest BCUT2D eigenvalue weighted by molar-refractivity contribution is 0.0592. The average molecular weight is 361 g/mol. The van der Waals surface area contributed by atoms with Gasteiger partial charge in [-0.3, -0.25) is 4.79 Å². The molecule has 0 unspecified atom stereocenters. The number of carbonyl (C=O) groups is 1. The number of hydrogen-bond donors (Lipinski definition) is 0. The molecule has 3 rings (SSSR count). The Morgan fingerprint density at radius 3 is 2.59 bits per heavy atom. The van der Waals surface area contributed by atoms with E-state index in [4.69, 9.17) is 4.74 Å². The monoisotopic (exact) mass is 360 g/mol. The van der Waals surface area contributed by atoms with Crippen LogP contribution < -0.4 is 4.74 Å². The molecule has 0 fully saturated rings. The van der Waals surface area contributed by atoms with Gasteiger partial charge in [0.2, 0.25) is 0 Å². The van der Waals surface area contributed by atoms with Crippen LogP contribution in [0, 0.1) is 0 Å². The second kappa shape index (κ2) is 5.39. The molecular formula is C17H17BrN2O2. The van der Waals surface area contributed by atoms with Gasteiger partial charge >= 0.3 is 0 Å². The second-order valence-corrected chi connectivity index (χ2v) is 6.76. The Morgan fingerprint density at radius 1 is 1.27 bits per heavy atom. The smallest absolute Gasteiger partial charge is 0.273 e. The number of amides is 1. The van der Waals surface area contributed by atoms with Crippen molar-refractivity contribution in [2.75, 3.05) is 7.11 Å². The molecule has 0 spiro atoms. The van der Waals surface area contributed by atoms with E-state index < -0.39 is 0 Å². The topological polar surface area (TPSA) is 42.4 Å². The van der Waals surface area contributed by atoms with Gasteiger partial charge in [-0.15, -0.1) is 0 Å². The molecule has 1 aliphatic rings. The molecule has 1 aliphatic heterocycles. The molecule has 0 aliphatic carbocycles. The highest BCUT2D eigenvalue weighted by Crippen LogP contribution is 2.39. The largest absolute Gasteiger partial charge is 0.497 e. The molecule has 2 aromatic rings. The van der Waals surface area contributed by atoms with Crippen molar-refractivity contribution in [2.24, 2.45) is 0 Å². The molecule has 1 aromatic heterocycles. The summed E-state index contributed by atoms with van der Waals surface area (Å²) >= 11 is 3.43. The Labute approximate surface area is 138 Å². The molecule has 0 radical (unpaired) electrons. The van der Waals surface area contributed by atoms with Crippen molar-refractivity contribution in [1.82, 2.24) is 9.88 Å². The summed E-state index contributed by atoms with van der Waals surface area (Å²) in [6, 6.07) is 9.76. The lowest BCUT2D eigenvalue weighted by Crippen LogP contribution is -2.38. The van der Waals surface area contributed by atoms with E-state index in [0.29, 0.717) is 12.2 Å². The third kappa shape index (κ3) is 2.39. The Bertz CT molecular complexity index is 726. The number of methoxy groups -OCH3 is 1. The molecule has 0 atom stereocenters. The first-order valence-corrected chi connectivity index (χ1v) is 7.83. The Hall–Kier alpha value is -1.88. The van der Waals surface area contributed by atoms with Gasteiger partial charge in [-0.05, 0) is 53.5 Å². The normalized spacial score (nSPS) is 15.8. The number of benzene rings is 1. The van der Waals surface area contributed by atoms with Crippen LogP contribution in [0.15, 0.2) is 41.0 Å². The van der Waals surface area contributed by atoms with Crippen molar-refractivity contribution in [1.29, 1.82) is 0 Å². The van der Waals surface area contributed by atoms with Gasteiger partial charge in [-0.1, -0.05) is 12.1 Å². The van der Waals surface area contributed by atoms with E-state index in [0.717, 1.165) is 21.3 Å². The van der Waals surface area contributed by atoms with Crippen LogP contribution in [0.1, 0.15) is 35.5 Å². The van der Waals surface area contributed by atoms with E-state index in [1.807, 2.05) is 49.1 Å². The van der Waals surface area contributed by atoms with Crippen LogP contribution in [0.4, 0.5) is 0 Å². The zero-order valence-electron chi connectivity index (χ0n) is 12.8. The highest BCUT2D eigenvalue weighted by Gasteiger charge is 2.43. The van der Waals surface area contributed by atoms with Crippen LogP contribution in [0.2, 0.25) is 0 Å². The van der Waals surface area contributed by atoms with Gasteiger partial charge in [0.1, 0.15) is 11.4 Å². The lowest BCUT2D eigenvalue weighted by atomic mass is 9.95. The fraction of sp³-hybridized carbons (Fsp3) is 0.294. The van der Waals surface area contributed by atoms with Crippen LogP contribution in [0.25, 0.3) is 0 Å². The van der Waals surface area contributed by atoms with E-state index in [1.54, 1.807) is 13.3 Å². The fourth-order valence-corrected chi connectivity index (χ4v) is 3.12. The second-order valence-electron chi connectivity index (χ2n) is 5.85. The first-order chi connectivity index (χ1) is 10.4. The van der Waals surface area contributed by atoms with Gasteiger partial charge < -0.3 is 9.64 Å². The molecule has 2 heterocycles. The third-order valence-electron chi connectivity index (χ3n) is 4.14. The standard InChI is InChI=1S/C17H17BrN2O2/c1-17(2)14-8-12(18)9-19-15(14)16(21)20(17)10-11-4-6-13(22-3)7-5-11/h4-9H,10H2,1-3H3. The molecule has 0 saturated heterocycles. The minimum Gasteiger partial charge on any atom is -0.497 e. The van der Waals surface area contributed by atoms with Crippen LogP contribution in [-0.4, -0.2) is 22.9 Å². The van der Waals surface area contributed by atoms with Gasteiger partial charge in [0.15, 0.2) is 0 Å². The van der Waals surface area contributed by atoms with Crippen molar-refractivity contribution < 1.29 is 9.53 Å². The number of halogens is 1. The quantitative estimate of drug-likeness (QED) is 0.836. The predicted molar refractivity (Wildman–Crippen MR) is 87.8 cm³/mol. The van der Waals surface area contributed by atoms with E-state index in [2.05, 4.69) is 20.9 Å². The van der Waals surface area contributed by atoms with Crippen LogP contribution >= 0.6 is 15.9 Å². The highest BCUT2D eigenvalue weighted by atomic mass is 79.9. The number of pyridine rings is 1. The van der Waals surface area contributed by atoms with E-state index in [-0.39, 0.29) is 11.4 Å². The van der Waals surface area contributed by atoms with Gasteiger partial charge in [-0.25, -0.2) is 4.98 Å². The van der Waals surface area contributed by atoms with Gasteiger partial charge in [0, 0.05) is 22.8 Å². The minimum atomic E-state index is -0.386. The average Bonchev–Trinajstić information content (AvgIpc) is 2.69. The zero-order valence-corrected chi connectivity index (χ0v) is 14.3. The number of nitrogens with zero attached hydrogens (tertiary/aromatic N) is 2. The van der Waals surface area contributed by atoms with Crippen molar-refractivity contribution >= 4 is 21.8 Å². The number of carbonyl (C=O) groups excluding carboxylic acids is 1. The number of fused-ring (bicyclic) bond motifs is 1. The molecule has 0 bridgehead atoms. The molecule has 1 amide bonds. The summed E-state index contributed by atoms with van der Waals surface area (Å²) in [5, 5.41) is 0. The summed E-state index contributed by atoms with van der Waals surface area (Å²) < 4.78 is 6.06. The van der Waals surface area contributed by atoms with E-state index in [9.17, 15) is 4.79 Å². The third-order valence-corrected chi connectivity index (χ3v) is 4.57. The molecule has 22 heavy (non-hydrogen) atoms. The number of aromatic nitrogens is 1. The van der Waals surface area contributed by atoms with Crippen molar-refractivity contribution in [3.63, 3.8) is 0 Å². The minimum absolute atomic E-state index is 0.0247. The lowest BCUT2D eigenvalue weighted by Gasteiger charge is -2.32. The van der Waals surface area contributed by atoms with E-state index >= 15 is 0 Å². The molecule has 1 aromatic carbocycles. The molecule has 4 nitrogen and oxygen atoms in total. The molecule has 114 valence electrons. The van der Waals surface area contributed by atoms with Gasteiger partial charge in [0.05, 0.1) is 12.6 Å². The Morgan fingerprint density at radius 2 is 1.95 bits per heavy atom. The summed E-state index contributed by atoms with van der Waals surface area (Å²) in [5.41, 5.74) is 2.18. The maximum Gasteiger partial charge on any atom is 0.273 e. The molecule has 5 heteroatoms. The highest BCUT2D eigenvalue weighted by molar-refractivity contribution is 9.10. The molecular weight excluding hydrogens is 344 g/mol. The van der Waals surface area contributed by atoms with Gasteiger partial charge in [0.25, 0.3) is 5.91 Å². The van der Waals surface area contributed by atoms with Crippen LogP contribution in [-0.2, 0) is 12.1 Å². The van der Waals surface area contributed by atoms with Crippen molar-refractivity contribution in [3.05, 3.63) is 57.8 Å². The summed E-state index contributed by atoms with van der Waals surface area (Å²) in [7, 11) is 1.64. The number of rotatable bonds is 3. The van der Waals surface area contributed by atoms with Crippen LogP contribution in [0.3, 0.4) is 0 Å². The number of ether oxygens (including phenoxy) is 1. The Kier molecular flexibility index (Phi) is 3.68. The van der Waals surface area contributed by atoms with Crippen molar-refractivity contribution in [2.45, 2.75) is 25.9 Å². The summed E-state index contributed by atoms with van der Waals surface area (Å²) in [6.07, 6.45) is 1.67.